The second kappa shape index (κ2) is 6.20. The first-order chi connectivity index (χ1) is 10.0. The Bertz CT molecular complexity index is 576. The normalized spacial score (nSPS) is 25.8. The number of ketones is 3. The molecule has 1 aromatic rings. The van der Waals surface area contributed by atoms with Crippen molar-refractivity contribution >= 4 is 17.3 Å². The molecule has 1 fully saturated rings. The molecule has 1 aromatic carbocycles. The Labute approximate surface area is 124 Å². The second-order valence-corrected chi connectivity index (χ2v) is 5.46. The highest BCUT2D eigenvalue weighted by Gasteiger charge is 2.45. The van der Waals surface area contributed by atoms with E-state index in [1.165, 1.54) is 0 Å². The highest BCUT2D eigenvalue weighted by molar-refractivity contribution is 6.13. The fourth-order valence-electron chi connectivity index (χ4n) is 3.12. The van der Waals surface area contributed by atoms with E-state index < -0.39 is 11.8 Å². The van der Waals surface area contributed by atoms with E-state index in [1.807, 2.05) is 18.2 Å². The van der Waals surface area contributed by atoms with Crippen LogP contribution in [0.2, 0.25) is 0 Å². The summed E-state index contributed by atoms with van der Waals surface area (Å²) >= 11 is 0. The van der Waals surface area contributed by atoms with Gasteiger partial charge in [-0.25, -0.2) is 0 Å². The summed E-state index contributed by atoms with van der Waals surface area (Å²) in [4.78, 5) is 36.6. The van der Waals surface area contributed by atoms with Gasteiger partial charge in [0.1, 0.15) is 17.3 Å². The van der Waals surface area contributed by atoms with Crippen LogP contribution in [0.4, 0.5) is 0 Å². The van der Waals surface area contributed by atoms with Crippen molar-refractivity contribution in [2.45, 2.75) is 32.6 Å². The smallest absolute Gasteiger partial charge is 0.151 e. The molecular weight excluding hydrogens is 268 g/mol. The Morgan fingerprint density at radius 2 is 1.90 bits per heavy atom. The molecule has 1 saturated carbocycles. The minimum Gasteiger partial charge on any atom is -0.496 e. The molecule has 0 aromatic heterocycles. The standard InChI is InChI=1S/C17H20O4/c1-4-12(18)17-14(20)9-13(19)10(2)16(17)11-7-5-6-8-15(11)21-3/h5-8,10,16-17H,4,9H2,1-3H3/t10-,16-,17-/m1/s1. The van der Waals surface area contributed by atoms with Gasteiger partial charge in [0.05, 0.1) is 19.4 Å². The maximum Gasteiger partial charge on any atom is 0.151 e. The lowest BCUT2D eigenvalue weighted by Crippen LogP contribution is -2.42. The molecule has 0 saturated heterocycles. The molecule has 1 aliphatic rings. The number of carbonyl (C=O) groups excluding carboxylic acids is 3. The zero-order valence-corrected chi connectivity index (χ0v) is 12.6. The van der Waals surface area contributed by atoms with Crippen LogP contribution in [0, 0.1) is 11.8 Å². The first-order valence-electron chi connectivity index (χ1n) is 7.22. The number of Topliss-reactive ketones (excluding diaryl/α,β-unsaturated/α-hetero) is 3. The maximum atomic E-state index is 12.3. The fourth-order valence-corrected chi connectivity index (χ4v) is 3.12. The van der Waals surface area contributed by atoms with Gasteiger partial charge in [-0.2, -0.15) is 0 Å². The summed E-state index contributed by atoms with van der Waals surface area (Å²) in [6, 6.07) is 7.29. The second-order valence-electron chi connectivity index (χ2n) is 5.46. The molecule has 0 N–H and O–H groups in total. The summed E-state index contributed by atoms with van der Waals surface area (Å²) in [6.45, 7) is 3.54. The molecule has 0 unspecified atom stereocenters. The quantitative estimate of drug-likeness (QED) is 0.799. The van der Waals surface area contributed by atoms with E-state index in [-0.39, 0.29) is 29.7 Å². The molecular formula is C17H20O4. The topological polar surface area (TPSA) is 60.4 Å². The van der Waals surface area contributed by atoms with Crippen LogP contribution in [-0.2, 0) is 14.4 Å². The number of methoxy groups -OCH3 is 1. The van der Waals surface area contributed by atoms with Gasteiger partial charge in [-0.15, -0.1) is 0 Å². The Kier molecular flexibility index (Phi) is 4.56. The number of ether oxygens (including phenoxy) is 1. The van der Waals surface area contributed by atoms with Crippen molar-refractivity contribution in [2.24, 2.45) is 11.8 Å². The van der Waals surface area contributed by atoms with E-state index in [0.29, 0.717) is 12.2 Å². The molecule has 0 bridgehead atoms. The molecule has 0 radical (unpaired) electrons. The summed E-state index contributed by atoms with van der Waals surface area (Å²) in [7, 11) is 1.55. The van der Waals surface area contributed by atoms with Crippen molar-refractivity contribution in [2.75, 3.05) is 7.11 Å². The molecule has 3 atom stereocenters. The molecule has 1 aliphatic carbocycles. The molecule has 0 amide bonds. The van der Waals surface area contributed by atoms with Crippen molar-refractivity contribution < 1.29 is 19.1 Å². The summed E-state index contributed by atoms with van der Waals surface area (Å²) in [5.41, 5.74) is 0.765. The first kappa shape index (κ1) is 15.4. The maximum absolute atomic E-state index is 12.3. The van der Waals surface area contributed by atoms with Crippen LogP contribution < -0.4 is 4.74 Å². The largest absolute Gasteiger partial charge is 0.496 e. The van der Waals surface area contributed by atoms with E-state index in [4.69, 9.17) is 4.74 Å². The molecule has 4 heteroatoms. The lowest BCUT2D eigenvalue weighted by molar-refractivity contribution is -0.141. The summed E-state index contributed by atoms with van der Waals surface area (Å²) < 4.78 is 5.35. The molecule has 4 nitrogen and oxygen atoms in total. The van der Waals surface area contributed by atoms with E-state index in [2.05, 4.69) is 0 Å². The van der Waals surface area contributed by atoms with Crippen molar-refractivity contribution in [1.82, 2.24) is 0 Å². The molecule has 21 heavy (non-hydrogen) atoms. The average Bonchev–Trinajstić information content (AvgIpc) is 2.49. The predicted octanol–water partition coefficient (Wildman–Crippen LogP) is 2.55. The van der Waals surface area contributed by atoms with Gasteiger partial charge >= 0.3 is 0 Å². The molecule has 0 aliphatic heterocycles. The highest BCUT2D eigenvalue weighted by Crippen LogP contribution is 2.42. The number of hydrogen-bond acceptors (Lipinski definition) is 4. The molecule has 0 heterocycles. The molecule has 2 rings (SSSR count). The Morgan fingerprint density at radius 1 is 1.24 bits per heavy atom. The van der Waals surface area contributed by atoms with E-state index >= 15 is 0 Å². The fraction of sp³-hybridized carbons (Fsp3) is 0.471. The third kappa shape index (κ3) is 2.75. The van der Waals surface area contributed by atoms with Gasteiger partial charge in [-0.1, -0.05) is 32.0 Å². The van der Waals surface area contributed by atoms with Crippen molar-refractivity contribution in [3.8, 4) is 5.75 Å². The van der Waals surface area contributed by atoms with Gasteiger partial charge < -0.3 is 4.74 Å². The monoisotopic (exact) mass is 288 g/mol. The lowest BCUT2D eigenvalue weighted by Gasteiger charge is -2.34. The zero-order chi connectivity index (χ0) is 15.6. The third-order valence-electron chi connectivity index (χ3n) is 4.29. The number of hydrogen-bond donors (Lipinski definition) is 0. The molecule has 0 spiro atoms. The average molecular weight is 288 g/mol. The minimum absolute atomic E-state index is 0.101. The third-order valence-corrected chi connectivity index (χ3v) is 4.29. The summed E-state index contributed by atoms with van der Waals surface area (Å²) in [6.07, 6.45) is 0.159. The van der Waals surface area contributed by atoms with Gasteiger partial charge in [-0.05, 0) is 11.6 Å². The van der Waals surface area contributed by atoms with Gasteiger partial charge in [0.25, 0.3) is 0 Å². The van der Waals surface area contributed by atoms with Crippen LogP contribution in [0.15, 0.2) is 24.3 Å². The Morgan fingerprint density at radius 3 is 2.52 bits per heavy atom. The minimum atomic E-state index is -0.737. The van der Waals surface area contributed by atoms with Gasteiger partial charge in [0.15, 0.2) is 5.78 Å². The Balaban J connectivity index is 2.55. The zero-order valence-electron chi connectivity index (χ0n) is 12.6. The number of carbonyl (C=O) groups is 3. The van der Waals surface area contributed by atoms with Crippen molar-refractivity contribution in [3.05, 3.63) is 29.8 Å². The Hall–Kier alpha value is -1.97. The van der Waals surface area contributed by atoms with Crippen LogP contribution in [0.1, 0.15) is 38.2 Å². The van der Waals surface area contributed by atoms with E-state index in [0.717, 1.165) is 5.56 Å². The van der Waals surface area contributed by atoms with Crippen LogP contribution in [0.3, 0.4) is 0 Å². The molecule has 112 valence electrons. The van der Waals surface area contributed by atoms with Crippen LogP contribution in [0.5, 0.6) is 5.75 Å². The summed E-state index contributed by atoms with van der Waals surface area (Å²) in [5, 5.41) is 0. The van der Waals surface area contributed by atoms with E-state index in [1.54, 1.807) is 27.0 Å². The number of rotatable bonds is 4. The SMILES string of the molecule is CCC(=O)[C@@H]1C(=O)CC(=O)[C@@H](C)[C@@H]1c1ccccc1OC. The van der Waals surface area contributed by atoms with Gasteiger partial charge in [0.2, 0.25) is 0 Å². The van der Waals surface area contributed by atoms with Gasteiger partial charge in [-0.3, -0.25) is 14.4 Å². The van der Waals surface area contributed by atoms with Crippen molar-refractivity contribution in [3.63, 3.8) is 0 Å². The van der Waals surface area contributed by atoms with Crippen LogP contribution in [-0.4, -0.2) is 24.5 Å². The predicted molar refractivity (Wildman–Crippen MR) is 78.3 cm³/mol. The van der Waals surface area contributed by atoms with Crippen molar-refractivity contribution in [1.29, 1.82) is 0 Å². The van der Waals surface area contributed by atoms with Crippen LogP contribution in [0.25, 0.3) is 0 Å². The van der Waals surface area contributed by atoms with E-state index in [9.17, 15) is 14.4 Å². The summed E-state index contributed by atoms with van der Waals surface area (Å²) in [5.74, 6) is -1.38. The van der Waals surface area contributed by atoms with Gasteiger partial charge in [0, 0.05) is 18.3 Å². The highest BCUT2D eigenvalue weighted by atomic mass is 16.5. The first-order valence-corrected chi connectivity index (χ1v) is 7.22. The lowest BCUT2D eigenvalue weighted by atomic mass is 9.66. The van der Waals surface area contributed by atoms with Crippen LogP contribution >= 0.6 is 0 Å². The number of benzene rings is 1. The number of para-hydroxylation sites is 1.